The third-order valence-electron chi connectivity index (χ3n) is 7.25. The van der Waals surface area contributed by atoms with Gasteiger partial charge in [0.1, 0.15) is 5.75 Å². The van der Waals surface area contributed by atoms with Crippen molar-refractivity contribution < 1.29 is 14.3 Å². The second kappa shape index (κ2) is 8.97. The molecule has 0 aromatic heterocycles. The highest BCUT2D eigenvalue weighted by Crippen LogP contribution is 2.46. The van der Waals surface area contributed by atoms with E-state index < -0.39 is 0 Å². The summed E-state index contributed by atoms with van der Waals surface area (Å²) in [6, 6.07) is 7.97. The summed E-state index contributed by atoms with van der Waals surface area (Å²) in [5.74, 6) is 1.08. The van der Waals surface area contributed by atoms with E-state index in [-0.39, 0.29) is 23.3 Å². The summed E-state index contributed by atoms with van der Waals surface area (Å²) in [4.78, 5) is 30.3. The van der Waals surface area contributed by atoms with Crippen LogP contribution in [-0.4, -0.2) is 47.4 Å². The first-order valence-electron chi connectivity index (χ1n) is 11.9. The fourth-order valence-corrected chi connectivity index (χ4v) is 5.75. The lowest BCUT2D eigenvalue weighted by molar-refractivity contribution is -0.134. The van der Waals surface area contributed by atoms with Gasteiger partial charge in [-0.1, -0.05) is 44.7 Å². The highest BCUT2D eigenvalue weighted by atomic mass is 16.5. The summed E-state index contributed by atoms with van der Waals surface area (Å²) in [7, 11) is 1.66. The van der Waals surface area contributed by atoms with Crippen molar-refractivity contribution >= 4 is 11.8 Å². The monoisotopic (exact) mass is 434 g/mol. The first-order valence-corrected chi connectivity index (χ1v) is 11.9. The Labute approximate surface area is 191 Å². The second-order valence-electron chi connectivity index (χ2n) is 8.94. The SMILES string of the molecule is C=C1C2=C(C=CCC2)C(=O)N1CC12CCCN1C(=O)C(Cc1ccc(OC)cc1)C2.CC. The lowest BCUT2D eigenvalue weighted by Crippen LogP contribution is -2.49. The van der Waals surface area contributed by atoms with Gasteiger partial charge in [0.2, 0.25) is 5.91 Å². The molecule has 1 aliphatic carbocycles. The van der Waals surface area contributed by atoms with Crippen molar-refractivity contribution in [3.8, 4) is 5.75 Å². The number of amides is 2. The maximum Gasteiger partial charge on any atom is 0.258 e. The Morgan fingerprint density at radius 2 is 1.94 bits per heavy atom. The number of rotatable bonds is 5. The first-order chi connectivity index (χ1) is 15.5. The lowest BCUT2D eigenvalue weighted by Gasteiger charge is -2.36. The van der Waals surface area contributed by atoms with Gasteiger partial charge in [-0.3, -0.25) is 9.59 Å². The van der Waals surface area contributed by atoms with Crippen LogP contribution in [0.3, 0.4) is 0 Å². The van der Waals surface area contributed by atoms with Crippen LogP contribution in [0, 0.1) is 5.92 Å². The highest BCUT2D eigenvalue weighted by Gasteiger charge is 2.55. The van der Waals surface area contributed by atoms with Gasteiger partial charge >= 0.3 is 0 Å². The number of allylic oxidation sites excluding steroid dienone is 2. The minimum absolute atomic E-state index is 0.0351. The van der Waals surface area contributed by atoms with Crippen molar-refractivity contribution in [1.82, 2.24) is 9.80 Å². The molecule has 5 nitrogen and oxygen atoms in total. The van der Waals surface area contributed by atoms with Crippen molar-refractivity contribution in [3.05, 3.63) is 65.4 Å². The zero-order valence-electron chi connectivity index (χ0n) is 19.5. The van der Waals surface area contributed by atoms with Gasteiger partial charge in [-0.25, -0.2) is 0 Å². The van der Waals surface area contributed by atoms with Gasteiger partial charge in [-0.2, -0.15) is 0 Å². The molecule has 5 rings (SSSR count). The van der Waals surface area contributed by atoms with Crippen LogP contribution in [0.1, 0.15) is 51.5 Å². The van der Waals surface area contributed by atoms with Gasteiger partial charge < -0.3 is 14.5 Å². The Morgan fingerprint density at radius 1 is 1.19 bits per heavy atom. The first kappa shape index (κ1) is 22.4. The average molecular weight is 435 g/mol. The van der Waals surface area contributed by atoms with Gasteiger partial charge in [0.25, 0.3) is 5.91 Å². The molecule has 2 atom stereocenters. The van der Waals surface area contributed by atoms with Crippen LogP contribution in [-0.2, 0) is 16.0 Å². The third-order valence-corrected chi connectivity index (χ3v) is 7.25. The fourth-order valence-electron chi connectivity index (χ4n) is 5.75. The molecule has 0 spiro atoms. The van der Waals surface area contributed by atoms with E-state index in [1.165, 1.54) is 0 Å². The molecule has 1 aromatic rings. The summed E-state index contributed by atoms with van der Waals surface area (Å²) < 4.78 is 5.24. The Morgan fingerprint density at radius 3 is 2.62 bits per heavy atom. The van der Waals surface area contributed by atoms with E-state index in [1.54, 1.807) is 7.11 Å². The summed E-state index contributed by atoms with van der Waals surface area (Å²) in [5.41, 5.74) is 3.61. The fraction of sp³-hybridized carbons (Fsp3) is 0.481. The summed E-state index contributed by atoms with van der Waals surface area (Å²) in [6.45, 7) is 9.60. The van der Waals surface area contributed by atoms with Crippen LogP contribution in [0.25, 0.3) is 0 Å². The van der Waals surface area contributed by atoms with Gasteiger partial charge in [0, 0.05) is 30.3 Å². The van der Waals surface area contributed by atoms with Crippen molar-refractivity contribution in [2.45, 2.75) is 57.9 Å². The van der Waals surface area contributed by atoms with E-state index in [1.807, 2.05) is 49.1 Å². The van der Waals surface area contributed by atoms with Crippen molar-refractivity contribution in [3.63, 3.8) is 0 Å². The minimum atomic E-state index is -0.259. The van der Waals surface area contributed by atoms with Gasteiger partial charge in [0.05, 0.1) is 12.6 Å². The molecular weight excluding hydrogens is 400 g/mol. The molecule has 3 aliphatic heterocycles. The molecule has 0 saturated carbocycles. The van der Waals surface area contributed by atoms with E-state index >= 15 is 0 Å². The largest absolute Gasteiger partial charge is 0.497 e. The number of hydrogen-bond acceptors (Lipinski definition) is 3. The van der Waals surface area contributed by atoms with Crippen LogP contribution >= 0.6 is 0 Å². The molecular formula is C27H34N2O3. The van der Waals surface area contributed by atoms with Crippen LogP contribution in [0.2, 0.25) is 0 Å². The number of nitrogens with zero attached hydrogens (tertiary/aromatic N) is 2. The Bertz CT molecular complexity index is 975. The zero-order valence-corrected chi connectivity index (χ0v) is 19.5. The molecule has 2 amide bonds. The maximum absolute atomic E-state index is 13.3. The molecule has 1 aromatic carbocycles. The number of fused-ring (bicyclic) bond motifs is 1. The van der Waals surface area contributed by atoms with Crippen molar-refractivity contribution in [2.75, 3.05) is 20.2 Å². The van der Waals surface area contributed by atoms with Crippen LogP contribution in [0.5, 0.6) is 5.75 Å². The Kier molecular flexibility index (Phi) is 6.27. The highest BCUT2D eigenvalue weighted by molar-refractivity contribution is 6.03. The summed E-state index contributed by atoms with van der Waals surface area (Å²) >= 11 is 0. The molecule has 0 N–H and O–H groups in total. The number of carbonyl (C=O) groups excluding carboxylic acids is 2. The molecule has 2 saturated heterocycles. The summed E-state index contributed by atoms with van der Waals surface area (Å²) in [5, 5.41) is 0. The predicted octanol–water partition coefficient (Wildman–Crippen LogP) is 4.65. The molecule has 170 valence electrons. The van der Waals surface area contributed by atoms with E-state index in [0.29, 0.717) is 6.54 Å². The molecule has 5 heteroatoms. The number of hydrogen-bond donors (Lipinski definition) is 0. The topological polar surface area (TPSA) is 49.9 Å². The standard InChI is InChI=1S/C25H28N2O3.C2H6/c1-17-21-6-3-4-7-22(21)24(29)26(17)16-25-12-5-13-27(25)23(28)19(15-25)14-18-8-10-20(30-2)11-9-18;1-2/h4,7-11,19H,1,3,5-6,12-16H2,2H3;1-2H3. The lowest BCUT2D eigenvalue weighted by atomic mass is 9.86. The molecule has 0 radical (unpaired) electrons. The van der Waals surface area contributed by atoms with Crippen LogP contribution in [0.15, 0.2) is 59.8 Å². The minimum Gasteiger partial charge on any atom is -0.497 e. The van der Waals surface area contributed by atoms with Crippen LogP contribution in [0.4, 0.5) is 0 Å². The quantitative estimate of drug-likeness (QED) is 0.678. The zero-order chi connectivity index (χ0) is 22.9. The van der Waals surface area contributed by atoms with Gasteiger partial charge in [0.15, 0.2) is 0 Å². The van der Waals surface area contributed by atoms with Crippen molar-refractivity contribution in [2.24, 2.45) is 5.92 Å². The maximum atomic E-state index is 13.3. The average Bonchev–Trinajstić information content (AvgIpc) is 3.43. The number of ether oxygens (including phenoxy) is 1. The molecule has 3 heterocycles. The van der Waals surface area contributed by atoms with Gasteiger partial charge in [-0.05, 0) is 61.8 Å². The molecule has 32 heavy (non-hydrogen) atoms. The Balaban J connectivity index is 0.00000119. The van der Waals surface area contributed by atoms with E-state index in [9.17, 15) is 9.59 Å². The number of benzene rings is 1. The number of methoxy groups -OCH3 is 1. The second-order valence-corrected chi connectivity index (χ2v) is 8.94. The Hall–Kier alpha value is -2.82. The third kappa shape index (κ3) is 3.68. The normalized spacial score (nSPS) is 26.3. The van der Waals surface area contributed by atoms with E-state index in [0.717, 1.165) is 73.2 Å². The van der Waals surface area contributed by atoms with E-state index in [2.05, 4.69) is 17.6 Å². The summed E-state index contributed by atoms with van der Waals surface area (Å²) in [6.07, 6.45) is 9.34. The van der Waals surface area contributed by atoms with Gasteiger partial charge in [-0.15, -0.1) is 0 Å². The predicted molar refractivity (Wildman–Crippen MR) is 126 cm³/mol. The van der Waals surface area contributed by atoms with E-state index in [4.69, 9.17) is 4.74 Å². The van der Waals surface area contributed by atoms with Crippen molar-refractivity contribution in [1.29, 1.82) is 0 Å². The smallest absolute Gasteiger partial charge is 0.258 e. The number of carbonyl (C=O) groups is 2. The molecule has 2 unspecified atom stereocenters. The molecule has 0 bridgehead atoms. The van der Waals surface area contributed by atoms with Crippen LogP contribution < -0.4 is 4.74 Å². The molecule has 2 fully saturated rings. The molecule has 4 aliphatic rings.